The van der Waals surface area contributed by atoms with Crippen molar-refractivity contribution >= 4 is 20.9 Å². The molecule has 0 aliphatic carbocycles. The highest BCUT2D eigenvalue weighted by molar-refractivity contribution is 8.27. The van der Waals surface area contributed by atoms with Gasteiger partial charge >= 0.3 is 0 Å². The summed E-state index contributed by atoms with van der Waals surface area (Å²) in [6, 6.07) is 7.79. The van der Waals surface area contributed by atoms with E-state index in [-0.39, 0.29) is 0 Å². The predicted octanol–water partition coefficient (Wildman–Crippen LogP) is 6.60. The van der Waals surface area contributed by atoms with E-state index >= 15 is 0 Å². The maximum atomic E-state index is 12.5. The van der Waals surface area contributed by atoms with Crippen LogP contribution in [-0.4, -0.2) is 46.9 Å². The lowest BCUT2D eigenvalue weighted by molar-refractivity contribution is 0.0317. The number of halogens is 1. The second-order valence-corrected chi connectivity index (χ2v) is 10.6. The zero-order chi connectivity index (χ0) is 23.2. The Kier molecular flexibility index (Phi) is 14.3. The van der Waals surface area contributed by atoms with Gasteiger partial charge in [-0.2, -0.15) is 0 Å². The van der Waals surface area contributed by atoms with Crippen molar-refractivity contribution in [1.29, 1.82) is 0 Å². The van der Waals surface area contributed by atoms with Gasteiger partial charge in [-0.1, -0.05) is 76.2 Å². The number of rotatable bonds is 3. The van der Waals surface area contributed by atoms with Gasteiger partial charge < -0.3 is 4.74 Å². The van der Waals surface area contributed by atoms with E-state index in [1.165, 1.54) is 30.1 Å². The normalized spacial score (nSPS) is 17.9. The summed E-state index contributed by atoms with van der Waals surface area (Å²) in [5.41, 5.74) is 2.08. The van der Waals surface area contributed by atoms with Gasteiger partial charge in [0.05, 0.1) is 12.4 Å². The standard InChI is InChI=1S/C11H9FN2.C10H20OS.2C2H6/c1-8-2-4-9(5-3-8)11-13-6-10(12)7-14-11;1-9-7-11-6-5-10(9)8-12(2,3)4;2*1-2/h2-7H,1H3;9-10H,2-3,5-8H2,1,4H3;2*1-2H3/t;9-,10?;;/m.0../s1. The fraction of sp³-hybridized carbons (Fsp3) is 0.520. The Balaban J connectivity index is 0.000000486. The summed E-state index contributed by atoms with van der Waals surface area (Å²) in [6.07, 6.45) is 5.73. The zero-order valence-electron chi connectivity index (χ0n) is 20.0. The molecule has 3 rings (SSSR count). The van der Waals surface area contributed by atoms with Gasteiger partial charge in [-0.3, -0.25) is 0 Å². The molecule has 3 nitrogen and oxygen atoms in total. The van der Waals surface area contributed by atoms with Gasteiger partial charge in [-0.05, 0) is 37.2 Å². The van der Waals surface area contributed by atoms with Gasteiger partial charge in [0.2, 0.25) is 0 Å². The number of hydrogen-bond acceptors (Lipinski definition) is 3. The molecule has 5 heteroatoms. The Bertz CT molecular complexity index is 743. The predicted molar refractivity (Wildman–Crippen MR) is 136 cm³/mol. The van der Waals surface area contributed by atoms with Crippen LogP contribution in [0.2, 0.25) is 0 Å². The van der Waals surface area contributed by atoms with Gasteiger partial charge in [-0.25, -0.2) is 23.6 Å². The molecule has 1 aliphatic rings. The summed E-state index contributed by atoms with van der Waals surface area (Å²) < 4.78 is 17.9. The second-order valence-electron chi connectivity index (χ2n) is 7.34. The van der Waals surface area contributed by atoms with Crippen LogP contribution >= 0.6 is 9.21 Å². The summed E-state index contributed by atoms with van der Waals surface area (Å²) in [5, 5.41) is 0. The molecular weight excluding hydrogens is 395 g/mol. The molecule has 1 saturated heterocycles. The van der Waals surface area contributed by atoms with E-state index in [1.54, 1.807) is 0 Å². The Morgan fingerprint density at radius 1 is 1.07 bits per heavy atom. The van der Waals surface area contributed by atoms with E-state index in [0.717, 1.165) is 24.7 Å². The minimum Gasteiger partial charge on any atom is -0.381 e. The monoisotopic (exact) mass is 436 g/mol. The van der Waals surface area contributed by atoms with Crippen LogP contribution in [0.15, 0.2) is 36.7 Å². The number of aromatic nitrogens is 2. The average Bonchev–Trinajstić information content (AvgIpc) is 2.74. The van der Waals surface area contributed by atoms with Crippen molar-refractivity contribution in [2.45, 2.75) is 48.0 Å². The molecule has 1 fully saturated rings. The molecule has 0 amide bonds. The first-order chi connectivity index (χ1) is 14.2. The molecule has 30 heavy (non-hydrogen) atoms. The van der Waals surface area contributed by atoms with Crippen LogP contribution in [0.1, 0.15) is 46.6 Å². The number of aryl methyl sites for hydroxylation is 1. The third-order valence-electron chi connectivity index (χ3n) is 4.37. The molecule has 1 aliphatic heterocycles. The van der Waals surface area contributed by atoms with Gasteiger partial charge in [0.25, 0.3) is 0 Å². The first-order valence-electron chi connectivity index (χ1n) is 10.8. The van der Waals surface area contributed by atoms with Crippen LogP contribution in [-0.2, 0) is 4.74 Å². The molecule has 0 radical (unpaired) electrons. The van der Waals surface area contributed by atoms with E-state index in [2.05, 4.69) is 34.9 Å². The van der Waals surface area contributed by atoms with Gasteiger partial charge in [0.15, 0.2) is 11.6 Å². The number of benzene rings is 1. The summed E-state index contributed by atoms with van der Waals surface area (Å²) in [6.45, 7) is 14.1. The summed E-state index contributed by atoms with van der Waals surface area (Å²) >= 11 is 0. The molecule has 0 N–H and O–H groups in total. The van der Waals surface area contributed by atoms with Crippen LogP contribution in [0.4, 0.5) is 4.39 Å². The number of ether oxygens (including phenoxy) is 1. The lowest BCUT2D eigenvalue weighted by Crippen LogP contribution is -2.27. The van der Waals surface area contributed by atoms with Crippen molar-refractivity contribution in [2.24, 2.45) is 11.8 Å². The molecule has 1 aromatic heterocycles. The summed E-state index contributed by atoms with van der Waals surface area (Å²) in [4.78, 5) is 7.78. The molecule has 170 valence electrons. The van der Waals surface area contributed by atoms with E-state index in [4.69, 9.17) is 4.74 Å². The van der Waals surface area contributed by atoms with Crippen LogP contribution in [0.3, 0.4) is 0 Å². The zero-order valence-corrected chi connectivity index (χ0v) is 20.8. The van der Waals surface area contributed by atoms with Crippen molar-refractivity contribution in [2.75, 3.05) is 25.2 Å². The summed E-state index contributed by atoms with van der Waals surface area (Å²) in [5.74, 6) is 11.1. The van der Waals surface area contributed by atoms with Gasteiger partial charge in [-0.15, -0.1) is 0 Å². The molecule has 2 atom stereocenters. The van der Waals surface area contributed by atoms with E-state index in [0.29, 0.717) is 11.7 Å². The minimum atomic E-state index is -0.812. The van der Waals surface area contributed by atoms with E-state index in [9.17, 15) is 4.39 Å². The number of hydrogen-bond donors (Lipinski definition) is 0. The fourth-order valence-electron chi connectivity index (χ4n) is 2.85. The van der Waals surface area contributed by atoms with Gasteiger partial charge in [0, 0.05) is 18.8 Å². The first kappa shape index (κ1) is 28.3. The fourth-order valence-corrected chi connectivity index (χ4v) is 4.38. The highest BCUT2D eigenvalue weighted by Gasteiger charge is 2.21. The molecule has 1 unspecified atom stereocenters. The Morgan fingerprint density at radius 2 is 1.60 bits per heavy atom. The molecule has 1 aromatic carbocycles. The largest absolute Gasteiger partial charge is 0.381 e. The molecule has 0 saturated carbocycles. The van der Waals surface area contributed by atoms with E-state index in [1.807, 2.05) is 58.9 Å². The van der Waals surface area contributed by atoms with Crippen molar-refractivity contribution < 1.29 is 9.13 Å². The van der Waals surface area contributed by atoms with Crippen molar-refractivity contribution in [3.63, 3.8) is 0 Å². The van der Waals surface area contributed by atoms with E-state index < -0.39 is 15.0 Å². The Morgan fingerprint density at radius 3 is 2.07 bits per heavy atom. The third-order valence-corrected chi connectivity index (χ3v) is 5.60. The van der Waals surface area contributed by atoms with Crippen LogP contribution < -0.4 is 0 Å². The Labute approximate surface area is 184 Å². The smallest absolute Gasteiger partial charge is 0.159 e. The summed E-state index contributed by atoms with van der Waals surface area (Å²) in [7, 11) is -0.812. The second kappa shape index (κ2) is 15.1. The van der Waals surface area contributed by atoms with Crippen LogP contribution in [0, 0.1) is 24.6 Å². The number of nitrogens with zero attached hydrogens (tertiary/aromatic N) is 2. The molecular formula is C25H41FN2OS. The highest BCUT2D eigenvalue weighted by atomic mass is 32.2. The van der Waals surface area contributed by atoms with Crippen molar-refractivity contribution in [1.82, 2.24) is 9.97 Å². The third kappa shape index (κ3) is 11.5. The van der Waals surface area contributed by atoms with Gasteiger partial charge in [0.1, 0.15) is 0 Å². The molecule has 2 aromatic rings. The van der Waals surface area contributed by atoms with Crippen molar-refractivity contribution in [3.8, 4) is 11.4 Å². The topological polar surface area (TPSA) is 35.0 Å². The Hall–Kier alpha value is -1.72. The lowest BCUT2D eigenvalue weighted by Gasteiger charge is -2.30. The van der Waals surface area contributed by atoms with Crippen molar-refractivity contribution in [3.05, 3.63) is 48.0 Å². The highest BCUT2D eigenvalue weighted by Crippen LogP contribution is 2.28. The SMILES string of the molecule is C=S(=C)(C)CC1CCOC[C@@H]1C.CC.CC.Cc1ccc(-c2ncc(F)cn2)cc1. The maximum absolute atomic E-state index is 12.5. The maximum Gasteiger partial charge on any atom is 0.159 e. The molecule has 0 bridgehead atoms. The average molecular weight is 437 g/mol. The van der Waals surface area contributed by atoms with Crippen LogP contribution in [0.5, 0.6) is 0 Å². The lowest BCUT2D eigenvalue weighted by atomic mass is 9.92. The first-order valence-corrected chi connectivity index (χ1v) is 13.3. The molecule has 2 heterocycles. The molecule has 0 spiro atoms. The van der Waals surface area contributed by atoms with Crippen LogP contribution in [0.25, 0.3) is 11.4 Å². The minimum absolute atomic E-state index is 0.416. The quantitative estimate of drug-likeness (QED) is 0.508.